The van der Waals surface area contributed by atoms with Crippen LogP contribution < -0.4 is 0 Å². The minimum absolute atomic E-state index is 0.307. The zero-order chi connectivity index (χ0) is 14.1. The van der Waals surface area contributed by atoms with Crippen LogP contribution in [0.15, 0.2) is 48.5 Å². The maximum absolute atomic E-state index is 9.43. The molecule has 1 heterocycles. The van der Waals surface area contributed by atoms with Crippen LogP contribution in [0.2, 0.25) is 0 Å². The summed E-state index contributed by atoms with van der Waals surface area (Å²) in [7, 11) is 2.13. The first-order valence-electron chi connectivity index (χ1n) is 6.90. The van der Waals surface area contributed by atoms with Crippen LogP contribution in [0.1, 0.15) is 23.0 Å². The predicted octanol–water partition coefficient (Wildman–Crippen LogP) is 2.91. The maximum atomic E-state index is 9.43. The van der Waals surface area contributed by atoms with Crippen molar-refractivity contribution in [1.29, 1.82) is 0 Å². The van der Waals surface area contributed by atoms with Gasteiger partial charge in [-0.25, -0.2) is 0 Å². The van der Waals surface area contributed by atoms with Gasteiger partial charge in [0.1, 0.15) is 11.5 Å². The summed E-state index contributed by atoms with van der Waals surface area (Å²) in [6, 6.07) is 15.0. The summed E-state index contributed by atoms with van der Waals surface area (Å²) < 4.78 is 0. The highest BCUT2D eigenvalue weighted by atomic mass is 16.3. The summed E-state index contributed by atoms with van der Waals surface area (Å²) in [5.74, 6) is 1.46. The van der Waals surface area contributed by atoms with Crippen LogP contribution in [0.5, 0.6) is 11.5 Å². The van der Waals surface area contributed by atoms with Crippen LogP contribution in [0.3, 0.4) is 0 Å². The van der Waals surface area contributed by atoms with Gasteiger partial charge in [-0.3, -0.25) is 0 Å². The van der Waals surface area contributed by atoms with Crippen LogP contribution in [0.25, 0.3) is 0 Å². The molecular weight excluding hydrogens is 250 g/mol. The van der Waals surface area contributed by atoms with Crippen LogP contribution in [-0.4, -0.2) is 35.3 Å². The number of likely N-dealkylation sites (N-methyl/N-ethyl adjacent to an activating group) is 1. The van der Waals surface area contributed by atoms with E-state index in [4.69, 9.17) is 0 Å². The molecule has 0 amide bonds. The van der Waals surface area contributed by atoms with Crippen LogP contribution in [-0.2, 0) is 0 Å². The van der Waals surface area contributed by atoms with Crippen molar-refractivity contribution < 1.29 is 10.2 Å². The number of hydrogen-bond donors (Lipinski definition) is 2. The molecule has 0 radical (unpaired) electrons. The Balaban J connectivity index is 1.92. The lowest BCUT2D eigenvalue weighted by Gasteiger charge is -2.19. The molecule has 0 spiro atoms. The van der Waals surface area contributed by atoms with Crippen molar-refractivity contribution in [1.82, 2.24) is 4.90 Å². The van der Waals surface area contributed by atoms with Crippen LogP contribution in [0.4, 0.5) is 0 Å². The Morgan fingerprint density at radius 2 is 1.10 bits per heavy atom. The molecule has 3 rings (SSSR count). The Morgan fingerprint density at radius 3 is 1.45 bits per heavy atom. The third-order valence-corrected chi connectivity index (χ3v) is 4.14. The number of benzene rings is 2. The number of nitrogens with zero attached hydrogens (tertiary/aromatic N) is 1. The monoisotopic (exact) mass is 269 g/mol. The molecule has 2 aromatic carbocycles. The van der Waals surface area contributed by atoms with Gasteiger partial charge >= 0.3 is 0 Å². The zero-order valence-electron chi connectivity index (χ0n) is 11.5. The quantitative estimate of drug-likeness (QED) is 0.881. The van der Waals surface area contributed by atoms with E-state index in [1.807, 2.05) is 24.3 Å². The first kappa shape index (κ1) is 13.0. The minimum Gasteiger partial charge on any atom is -0.508 e. The van der Waals surface area contributed by atoms with Gasteiger partial charge < -0.3 is 15.1 Å². The lowest BCUT2D eigenvalue weighted by molar-refractivity contribution is 0.407. The van der Waals surface area contributed by atoms with Crippen molar-refractivity contribution in [3.63, 3.8) is 0 Å². The standard InChI is InChI=1S/C17H19NO2/c1-18-10-16(12-2-6-14(19)7-3-12)17(11-18)13-4-8-15(20)9-5-13/h2-9,16-17,19-20H,10-11H2,1H3. The molecular formula is C17H19NO2. The first-order valence-corrected chi connectivity index (χ1v) is 6.90. The summed E-state index contributed by atoms with van der Waals surface area (Å²) in [6.45, 7) is 2.02. The number of rotatable bonds is 2. The van der Waals surface area contributed by atoms with Gasteiger partial charge in [-0.2, -0.15) is 0 Å². The van der Waals surface area contributed by atoms with E-state index in [0.29, 0.717) is 23.3 Å². The molecule has 2 N–H and O–H groups in total. The van der Waals surface area contributed by atoms with Crippen molar-refractivity contribution in [2.75, 3.05) is 20.1 Å². The van der Waals surface area contributed by atoms with E-state index in [2.05, 4.69) is 11.9 Å². The average Bonchev–Trinajstić information content (AvgIpc) is 2.82. The molecule has 20 heavy (non-hydrogen) atoms. The molecule has 1 aliphatic heterocycles. The van der Waals surface area contributed by atoms with Crippen molar-refractivity contribution in [2.24, 2.45) is 0 Å². The first-order chi connectivity index (χ1) is 9.63. The lowest BCUT2D eigenvalue weighted by atomic mass is 9.84. The van der Waals surface area contributed by atoms with Crippen molar-refractivity contribution in [3.05, 3.63) is 59.7 Å². The van der Waals surface area contributed by atoms with E-state index >= 15 is 0 Å². The Morgan fingerprint density at radius 1 is 0.750 bits per heavy atom. The van der Waals surface area contributed by atoms with Gasteiger partial charge in [0.15, 0.2) is 0 Å². The predicted molar refractivity (Wildman–Crippen MR) is 79.2 cm³/mol. The normalized spacial score (nSPS) is 23.1. The topological polar surface area (TPSA) is 43.7 Å². The SMILES string of the molecule is CN1CC(c2ccc(O)cc2)C(c2ccc(O)cc2)C1. The van der Waals surface area contributed by atoms with Crippen LogP contribution >= 0.6 is 0 Å². The maximum Gasteiger partial charge on any atom is 0.115 e. The molecule has 104 valence electrons. The van der Waals surface area contributed by atoms with Gasteiger partial charge in [-0.1, -0.05) is 24.3 Å². The molecule has 0 aliphatic carbocycles. The second kappa shape index (κ2) is 5.17. The van der Waals surface area contributed by atoms with Crippen molar-refractivity contribution in [2.45, 2.75) is 11.8 Å². The highest BCUT2D eigenvalue weighted by Gasteiger charge is 2.32. The molecule has 0 aromatic heterocycles. The Labute approximate surface area is 119 Å². The molecule has 2 unspecified atom stereocenters. The van der Waals surface area contributed by atoms with Crippen molar-refractivity contribution in [3.8, 4) is 11.5 Å². The van der Waals surface area contributed by atoms with E-state index < -0.39 is 0 Å². The summed E-state index contributed by atoms with van der Waals surface area (Å²) >= 11 is 0. The summed E-state index contributed by atoms with van der Waals surface area (Å²) in [4.78, 5) is 2.33. The molecule has 1 fully saturated rings. The number of phenols is 2. The smallest absolute Gasteiger partial charge is 0.115 e. The van der Waals surface area contributed by atoms with Gasteiger partial charge in [-0.15, -0.1) is 0 Å². The van der Waals surface area contributed by atoms with E-state index in [9.17, 15) is 10.2 Å². The second-order valence-corrected chi connectivity index (χ2v) is 5.62. The number of hydrogen-bond acceptors (Lipinski definition) is 3. The Bertz CT molecular complexity index is 523. The summed E-state index contributed by atoms with van der Waals surface area (Å²) in [5.41, 5.74) is 2.51. The summed E-state index contributed by atoms with van der Waals surface area (Å²) in [6.07, 6.45) is 0. The highest BCUT2D eigenvalue weighted by molar-refractivity contribution is 5.36. The second-order valence-electron chi connectivity index (χ2n) is 5.62. The third-order valence-electron chi connectivity index (χ3n) is 4.14. The Hall–Kier alpha value is -2.00. The fourth-order valence-corrected chi connectivity index (χ4v) is 3.12. The van der Waals surface area contributed by atoms with Gasteiger partial charge in [0, 0.05) is 24.9 Å². The summed E-state index contributed by atoms with van der Waals surface area (Å²) in [5, 5.41) is 18.9. The molecule has 3 nitrogen and oxygen atoms in total. The molecule has 1 aliphatic rings. The molecule has 2 aromatic rings. The Kier molecular flexibility index (Phi) is 3.36. The van der Waals surface area contributed by atoms with Gasteiger partial charge in [0.25, 0.3) is 0 Å². The number of aromatic hydroxyl groups is 2. The number of phenolic OH excluding ortho intramolecular Hbond substituents is 2. The molecule has 2 atom stereocenters. The zero-order valence-corrected chi connectivity index (χ0v) is 11.5. The number of likely N-dealkylation sites (tertiary alicyclic amines) is 1. The minimum atomic E-state index is 0.307. The van der Waals surface area contributed by atoms with Gasteiger partial charge in [0.05, 0.1) is 0 Å². The van der Waals surface area contributed by atoms with Gasteiger partial charge in [0.2, 0.25) is 0 Å². The van der Waals surface area contributed by atoms with E-state index in [1.54, 1.807) is 24.3 Å². The highest BCUT2D eigenvalue weighted by Crippen LogP contribution is 2.39. The molecule has 0 saturated carbocycles. The molecule has 0 bridgehead atoms. The van der Waals surface area contributed by atoms with E-state index in [0.717, 1.165) is 13.1 Å². The van der Waals surface area contributed by atoms with Crippen molar-refractivity contribution >= 4 is 0 Å². The molecule has 3 heteroatoms. The lowest BCUT2D eigenvalue weighted by Crippen LogP contribution is -2.13. The fourth-order valence-electron chi connectivity index (χ4n) is 3.12. The fraction of sp³-hybridized carbons (Fsp3) is 0.294. The largest absolute Gasteiger partial charge is 0.508 e. The van der Waals surface area contributed by atoms with Crippen LogP contribution in [0, 0.1) is 0 Å². The van der Waals surface area contributed by atoms with E-state index in [-0.39, 0.29) is 0 Å². The molecule has 1 saturated heterocycles. The van der Waals surface area contributed by atoms with E-state index in [1.165, 1.54) is 11.1 Å². The van der Waals surface area contributed by atoms with Gasteiger partial charge in [-0.05, 0) is 42.4 Å². The third kappa shape index (κ3) is 2.49. The average molecular weight is 269 g/mol.